The summed E-state index contributed by atoms with van der Waals surface area (Å²) in [5, 5.41) is 7.16. The van der Waals surface area contributed by atoms with Gasteiger partial charge < -0.3 is 11.1 Å². The van der Waals surface area contributed by atoms with Gasteiger partial charge in [-0.05, 0) is 12.8 Å². The summed E-state index contributed by atoms with van der Waals surface area (Å²) in [6, 6.07) is 0.277. The van der Waals surface area contributed by atoms with Crippen LogP contribution in [0.25, 0.3) is 0 Å². The van der Waals surface area contributed by atoms with E-state index in [4.69, 9.17) is 5.73 Å². The predicted molar refractivity (Wildman–Crippen MR) is 71.2 cm³/mol. The SMILES string of the molecule is Cn1cc(N)c(C(=O)NC2CCCCCCC2)n1. The van der Waals surface area contributed by atoms with Crippen LogP contribution in [0.3, 0.4) is 0 Å². The third kappa shape index (κ3) is 3.24. The normalized spacial score (nSPS) is 18.1. The summed E-state index contributed by atoms with van der Waals surface area (Å²) in [6.07, 6.45) is 10.1. The maximum absolute atomic E-state index is 12.1. The number of nitrogens with zero attached hydrogens (tertiary/aromatic N) is 2. The van der Waals surface area contributed by atoms with Gasteiger partial charge in [0.1, 0.15) is 0 Å². The first-order valence-electron chi connectivity index (χ1n) is 6.77. The molecule has 3 N–H and O–H groups in total. The largest absolute Gasteiger partial charge is 0.396 e. The second-order valence-electron chi connectivity index (χ2n) is 5.12. The van der Waals surface area contributed by atoms with Crippen LogP contribution in [0.5, 0.6) is 0 Å². The number of aromatic nitrogens is 2. The van der Waals surface area contributed by atoms with Crippen molar-refractivity contribution in [3.05, 3.63) is 11.9 Å². The number of hydrogen-bond donors (Lipinski definition) is 2. The van der Waals surface area contributed by atoms with Crippen molar-refractivity contribution in [1.82, 2.24) is 15.1 Å². The number of carbonyl (C=O) groups excluding carboxylic acids is 1. The Hall–Kier alpha value is -1.52. The van der Waals surface area contributed by atoms with E-state index in [0.717, 1.165) is 12.8 Å². The topological polar surface area (TPSA) is 72.9 Å². The van der Waals surface area contributed by atoms with E-state index in [2.05, 4.69) is 10.4 Å². The summed E-state index contributed by atoms with van der Waals surface area (Å²) in [7, 11) is 1.77. The Kier molecular flexibility index (Phi) is 4.23. The number of carbonyl (C=O) groups is 1. The van der Waals surface area contributed by atoms with Crippen LogP contribution in [0, 0.1) is 0 Å². The van der Waals surface area contributed by atoms with Gasteiger partial charge in [-0.15, -0.1) is 0 Å². The first-order valence-corrected chi connectivity index (χ1v) is 6.77. The van der Waals surface area contributed by atoms with Crippen LogP contribution < -0.4 is 11.1 Å². The molecule has 0 atom stereocenters. The Morgan fingerprint density at radius 3 is 2.50 bits per heavy atom. The summed E-state index contributed by atoms with van der Waals surface area (Å²) in [6.45, 7) is 0. The van der Waals surface area contributed by atoms with Gasteiger partial charge in [-0.3, -0.25) is 9.48 Å². The van der Waals surface area contributed by atoms with Gasteiger partial charge in [0.15, 0.2) is 5.69 Å². The number of nitrogens with two attached hydrogens (primary N) is 1. The van der Waals surface area contributed by atoms with Gasteiger partial charge in [-0.25, -0.2) is 0 Å². The van der Waals surface area contributed by atoms with Crippen molar-refractivity contribution in [1.29, 1.82) is 0 Å². The molecule has 0 saturated heterocycles. The Labute approximate surface area is 108 Å². The fourth-order valence-electron chi connectivity index (χ4n) is 2.54. The highest BCUT2D eigenvalue weighted by atomic mass is 16.2. The van der Waals surface area contributed by atoms with Crippen molar-refractivity contribution in [2.45, 2.75) is 51.0 Å². The average Bonchev–Trinajstić information content (AvgIpc) is 2.61. The Bertz CT molecular complexity index is 405. The lowest BCUT2D eigenvalue weighted by Gasteiger charge is -2.20. The molecule has 100 valence electrons. The lowest BCUT2D eigenvalue weighted by molar-refractivity contribution is 0.0925. The highest BCUT2D eigenvalue weighted by Gasteiger charge is 2.18. The average molecular weight is 250 g/mol. The zero-order valence-corrected chi connectivity index (χ0v) is 11.0. The molecule has 2 rings (SSSR count). The van der Waals surface area contributed by atoms with Crippen molar-refractivity contribution in [2.24, 2.45) is 7.05 Å². The Morgan fingerprint density at radius 2 is 1.94 bits per heavy atom. The summed E-state index contributed by atoms with van der Waals surface area (Å²) in [5.41, 5.74) is 6.55. The van der Waals surface area contributed by atoms with E-state index in [1.165, 1.54) is 32.1 Å². The molecule has 0 unspecified atom stereocenters. The van der Waals surface area contributed by atoms with Gasteiger partial charge in [0.05, 0.1) is 5.69 Å². The van der Waals surface area contributed by atoms with E-state index in [1.807, 2.05) is 0 Å². The van der Waals surface area contributed by atoms with Gasteiger partial charge in [0.2, 0.25) is 0 Å². The molecule has 1 aromatic heterocycles. The van der Waals surface area contributed by atoms with Crippen molar-refractivity contribution >= 4 is 11.6 Å². The van der Waals surface area contributed by atoms with Crippen LogP contribution in [-0.2, 0) is 7.05 Å². The van der Waals surface area contributed by atoms with Crippen LogP contribution in [0.4, 0.5) is 5.69 Å². The maximum atomic E-state index is 12.1. The van der Waals surface area contributed by atoms with Crippen molar-refractivity contribution in [3.63, 3.8) is 0 Å². The van der Waals surface area contributed by atoms with Crippen LogP contribution in [0.2, 0.25) is 0 Å². The fraction of sp³-hybridized carbons (Fsp3) is 0.692. The zero-order valence-electron chi connectivity index (χ0n) is 11.0. The van der Waals surface area contributed by atoms with E-state index >= 15 is 0 Å². The number of amides is 1. The minimum absolute atomic E-state index is 0.140. The van der Waals surface area contributed by atoms with Crippen LogP contribution in [-0.4, -0.2) is 21.7 Å². The molecule has 0 radical (unpaired) electrons. The van der Waals surface area contributed by atoms with Crippen LogP contribution in [0.1, 0.15) is 55.4 Å². The van der Waals surface area contributed by atoms with Gasteiger partial charge in [-0.2, -0.15) is 5.10 Å². The fourth-order valence-corrected chi connectivity index (χ4v) is 2.54. The van der Waals surface area contributed by atoms with E-state index in [1.54, 1.807) is 17.9 Å². The molecular weight excluding hydrogens is 228 g/mol. The molecular formula is C13H22N4O. The molecule has 1 saturated carbocycles. The van der Waals surface area contributed by atoms with E-state index < -0.39 is 0 Å². The van der Waals surface area contributed by atoms with E-state index in [9.17, 15) is 4.79 Å². The van der Waals surface area contributed by atoms with Crippen LogP contribution in [0.15, 0.2) is 6.20 Å². The second kappa shape index (κ2) is 5.89. The quantitative estimate of drug-likeness (QED) is 0.841. The summed E-state index contributed by atoms with van der Waals surface area (Å²) >= 11 is 0. The number of nitrogen functional groups attached to an aromatic ring is 1. The smallest absolute Gasteiger partial charge is 0.274 e. The molecule has 5 heteroatoms. The van der Waals surface area contributed by atoms with Crippen molar-refractivity contribution in [2.75, 3.05) is 5.73 Å². The summed E-state index contributed by atoms with van der Waals surface area (Å²) in [5.74, 6) is -0.140. The highest BCUT2D eigenvalue weighted by Crippen LogP contribution is 2.18. The van der Waals surface area contributed by atoms with Gasteiger partial charge in [-0.1, -0.05) is 32.1 Å². The minimum Gasteiger partial charge on any atom is -0.396 e. The number of hydrogen-bond acceptors (Lipinski definition) is 3. The molecule has 1 aromatic rings. The molecule has 0 bridgehead atoms. The molecule has 0 aliphatic heterocycles. The summed E-state index contributed by atoms with van der Waals surface area (Å²) < 4.78 is 1.57. The molecule has 5 nitrogen and oxygen atoms in total. The highest BCUT2D eigenvalue weighted by molar-refractivity contribution is 5.97. The third-order valence-electron chi connectivity index (χ3n) is 3.51. The van der Waals surface area contributed by atoms with E-state index in [0.29, 0.717) is 11.4 Å². The third-order valence-corrected chi connectivity index (χ3v) is 3.51. The number of aryl methyl sites for hydroxylation is 1. The molecule has 1 amide bonds. The standard InChI is InChI=1S/C13H22N4O/c1-17-9-11(14)12(16-17)13(18)15-10-7-5-3-2-4-6-8-10/h9-10H,2-8,14H2,1H3,(H,15,18). The number of rotatable bonds is 2. The van der Waals surface area contributed by atoms with Crippen molar-refractivity contribution < 1.29 is 4.79 Å². The second-order valence-corrected chi connectivity index (χ2v) is 5.12. The van der Waals surface area contributed by atoms with Gasteiger partial charge >= 0.3 is 0 Å². The van der Waals surface area contributed by atoms with Crippen molar-refractivity contribution in [3.8, 4) is 0 Å². The van der Waals surface area contributed by atoms with Crippen LogP contribution >= 0.6 is 0 Å². The summed E-state index contributed by atoms with van der Waals surface area (Å²) in [4.78, 5) is 12.1. The lowest BCUT2D eigenvalue weighted by atomic mass is 9.96. The molecule has 1 fully saturated rings. The lowest BCUT2D eigenvalue weighted by Crippen LogP contribution is -2.35. The van der Waals surface area contributed by atoms with Gasteiger partial charge in [0.25, 0.3) is 5.91 Å². The molecule has 1 heterocycles. The molecule has 1 aliphatic rings. The Morgan fingerprint density at radius 1 is 1.33 bits per heavy atom. The molecule has 0 aromatic carbocycles. The number of nitrogens with one attached hydrogen (secondary N) is 1. The molecule has 0 spiro atoms. The first-order chi connectivity index (χ1) is 8.66. The predicted octanol–water partition coefficient (Wildman–Crippen LogP) is 1.84. The number of anilines is 1. The monoisotopic (exact) mass is 250 g/mol. The van der Waals surface area contributed by atoms with E-state index in [-0.39, 0.29) is 11.9 Å². The Balaban J connectivity index is 1.95. The minimum atomic E-state index is -0.140. The van der Waals surface area contributed by atoms with Gasteiger partial charge in [0, 0.05) is 19.3 Å². The maximum Gasteiger partial charge on any atom is 0.274 e. The zero-order chi connectivity index (χ0) is 13.0. The molecule has 18 heavy (non-hydrogen) atoms. The molecule has 1 aliphatic carbocycles. The first kappa shape index (κ1) is 12.9.